The topological polar surface area (TPSA) is 57.5 Å². The van der Waals surface area contributed by atoms with Crippen LogP contribution in [0.3, 0.4) is 0 Å². The summed E-state index contributed by atoms with van der Waals surface area (Å²) in [6, 6.07) is 5.67. The van der Waals surface area contributed by atoms with E-state index in [1.54, 1.807) is 13.2 Å². The van der Waals surface area contributed by atoms with Crippen LogP contribution in [0.5, 0.6) is 11.5 Å². The van der Waals surface area contributed by atoms with Crippen LogP contribution < -0.4 is 14.8 Å². The molecule has 1 atom stereocenters. The summed E-state index contributed by atoms with van der Waals surface area (Å²) in [4.78, 5) is 2.14. The van der Waals surface area contributed by atoms with E-state index < -0.39 is 0 Å². The third kappa shape index (κ3) is 3.59. The van der Waals surface area contributed by atoms with Gasteiger partial charge in [-0.15, -0.1) is 0 Å². The molecule has 1 fully saturated rings. The summed E-state index contributed by atoms with van der Waals surface area (Å²) >= 11 is 6.29. The SMILES string of the molecule is CCOc1c(Cl)cc(C(C#N)N2CCNCC2)cc1OC. The minimum atomic E-state index is -0.325. The highest BCUT2D eigenvalue weighted by atomic mass is 35.5. The van der Waals surface area contributed by atoms with Gasteiger partial charge in [-0.2, -0.15) is 5.26 Å². The lowest BCUT2D eigenvalue weighted by molar-refractivity contribution is 0.207. The molecule has 1 aromatic carbocycles. The predicted molar refractivity (Wildman–Crippen MR) is 82.0 cm³/mol. The zero-order chi connectivity index (χ0) is 15.2. The molecule has 1 aliphatic heterocycles. The van der Waals surface area contributed by atoms with Gasteiger partial charge in [0, 0.05) is 26.2 Å². The Morgan fingerprint density at radius 2 is 2.14 bits per heavy atom. The maximum absolute atomic E-state index is 9.53. The molecule has 2 rings (SSSR count). The second-order valence-corrected chi connectivity index (χ2v) is 5.19. The maximum atomic E-state index is 9.53. The number of rotatable bonds is 5. The molecule has 1 N–H and O–H groups in total. The van der Waals surface area contributed by atoms with Crippen molar-refractivity contribution in [1.29, 1.82) is 5.26 Å². The first-order valence-corrected chi connectivity index (χ1v) is 7.43. The van der Waals surface area contributed by atoms with Crippen molar-refractivity contribution in [2.24, 2.45) is 0 Å². The van der Waals surface area contributed by atoms with E-state index in [1.807, 2.05) is 13.0 Å². The molecule has 0 spiro atoms. The van der Waals surface area contributed by atoms with Gasteiger partial charge in [-0.1, -0.05) is 11.6 Å². The van der Waals surface area contributed by atoms with E-state index in [0.717, 1.165) is 31.7 Å². The second kappa shape index (κ2) is 7.51. The van der Waals surface area contributed by atoms with Crippen LogP contribution in [0.2, 0.25) is 5.02 Å². The Balaban J connectivity index is 2.33. The van der Waals surface area contributed by atoms with E-state index in [-0.39, 0.29) is 6.04 Å². The first-order chi connectivity index (χ1) is 10.2. The molecule has 1 aromatic rings. The molecule has 114 valence electrons. The van der Waals surface area contributed by atoms with Crippen LogP contribution in [0, 0.1) is 11.3 Å². The molecule has 6 heteroatoms. The summed E-state index contributed by atoms with van der Waals surface area (Å²) in [7, 11) is 1.57. The molecule has 21 heavy (non-hydrogen) atoms. The first kappa shape index (κ1) is 15.9. The van der Waals surface area contributed by atoms with Gasteiger partial charge >= 0.3 is 0 Å². The van der Waals surface area contributed by atoms with Crippen molar-refractivity contribution in [3.05, 3.63) is 22.7 Å². The summed E-state index contributed by atoms with van der Waals surface area (Å²) in [5, 5.41) is 13.3. The van der Waals surface area contributed by atoms with Crippen molar-refractivity contribution in [2.75, 3.05) is 39.9 Å². The van der Waals surface area contributed by atoms with E-state index in [4.69, 9.17) is 21.1 Å². The smallest absolute Gasteiger partial charge is 0.179 e. The Labute approximate surface area is 130 Å². The number of ether oxygens (including phenoxy) is 2. The number of nitrogens with zero attached hydrogens (tertiary/aromatic N) is 2. The van der Waals surface area contributed by atoms with Crippen LogP contribution in [-0.2, 0) is 0 Å². The summed E-state index contributed by atoms with van der Waals surface area (Å²) < 4.78 is 10.9. The maximum Gasteiger partial charge on any atom is 0.179 e. The highest BCUT2D eigenvalue weighted by molar-refractivity contribution is 6.32. The molecule has 1 aliphatic rings. The van der Waals surface area contributed by atoms with Gasteiger partial charge in [0.1, 0.15) is 6.04 Å². The highest BCUT2D eigenvalue weighted by Gasteiger charge is 2.24. The molecule has 0 aromatic heterocycles. The van der Waals surface area contributed by atoms with Crippen molar-refractivity contribution >= 4 is 11.6 Å². The third-order valence-corrected chi connectivity index (χ3v) is 3.78. The number of hydrogen-bond donors (Lipinski definition) is 1. The van der Waals surface area contributed by atoms with Crippen LogP contribution in [0.4, 0.5) is 0 Å². The molecule has 0 saturated carbocycles. The molecule has 1 heterocycles. The Bertz CT molecular complexity index is 524. The van der Waals surface area contributed by atoms with Gasteiger partial charge in [0.15, 0.2) is 11.5 Å². The Morgan fingerprint density at radius 1 is 1.43 bits per heavy atom. The first-order valence-electron chi connectivity index (χ1n) is 7.05. The van der Waals surface area contributed by atoms with Crippen molar-refractivity contribution < 1.29 is 9.47 Å². The van der Waals surface area contributed by atoms with Crippen LogP contribution >= 0.6 is 11.6 Å². The lowest BCUT2D eigenvalue weighted by Gasteiger charge is -2.31. The van der Waals surface area contributed by atoms with Gasteiger partial charge in [0.25, 0.3) is 0 Å². The number of nitrogens with one attached hydrogen (secondary N) is 1. The van der Waals surface area contributed by atoms with E-state index >= 15 is 0 Å². The number of piperazine rings is 1. The van der Waals surface area contributed by atoms with Gasteiger partial charge in [0.05, 0.1) is 24.8 Å². The van der Waals surface area contributed by atoms with Gasteiger partial charge in [-0.05, 0) is 24.6 Å². The number of methoxy groups -OCH3 is 1. The zero-order valence-electron chi connectivity index (χ0n) is 12.4. The molecule has 0 bridgehead atoms. The molecule has 1 unspecified atom stereocenters. The summed E-state index contributed by atoms with van der Waals surface area (Å²) in [5.41, 5.74) is 0.838. The van der Waals surface area contributed by atoms with E-state index in [0.29, 0.717) is 23.1 Å². The predicted octanol–water partition coefficient (Wildman–Crippen LogP) is 2.22. The van der Waals surface area contributed by atoms with Crippen LogP contribution in [0.15, 0.2) is 12.1 Å². The van der Waals surface area contributed by atoms with Crippen molar-refractivity contribution in [2.45, 2.75) is 13.0 Å². The molecule has 5 nitrogen and oxygen atoms in total. The van der Waals surface area contributed by atoms with Gasteiger partial charge in [0.2, 0.25) is 0 Å². The monoisotopic (exact) mass is 309 g/mol. The fraction of sp³-hybridized carbons (Fsp3) is 0.533. The molecule has 0 amide bonds. The van der Waals surface area contributed by atoms with Crippen LogP contribution in [-0.4, -0.2) is 44.8 Å². The van der Waals surface area contributed by atoms with Crippen molar-refractivity contribution in [3.8, 4) is 17.6 Å². The minimum absolute atomic E-state index is 0.325. The van der Waals surface area contributed by atoms with Crippen LogP contribution in [0.25, 0.3) is 0 Å². The fourth-order valence-corrected chi connectivity index (χ4v) is 2.76. The normalized spacial score (nSPS) is 17.0. The lowest BCUT2D eigenvalue weighted by atomic mass is 10.0. The minimum Gasteiger partial charge on any atom is -0.493 e. The average Bonchev–Trinajstić information content (AvgIpc) is 2.51. The Morgan fingerprint density at radius 3 is 2.71 bits per heavy atom. The molecule has 0 radical (unpaired) electrons. The van der Waals surface area contributed by atoms with E-state index in [1.165, 1.54) is 0 Å². The second-order valence-electron chi connectivity index (χ2n) is 4.78. The van der Waals surface area contributed by atoms with Crippen molar-refractivity contribution in [1.82, 2.24) is 10.2 Å². The summed E-state index contributed by atoms with van der Waals surface area (Å²) in [6.07, 6.45) is 0. The fourth-order valence-electron chi connectivity index (χ4n) is 2.49. The van der Waals surface area contributed by atoms with Gasteiger partial charge in [-0.3, -0.25) is 4.90 Å². The Kier molecular flexibility index (Phi) is 5.68. The molecule has 1 saturated heterocycles. The summed E-state index contributed by atoms with van der Waals surface area (Å²) in [5.74, 6) is 1.09. The highest BCUT2D eigenvalue weighted by Crippen LogP contribution is 2.38. The number of benzene rings is 1. The van der Waals surface area contributed by atoms with Gasteiger partial charge < -0.3 is 14.8 Å². The van der Waals surface area contributed by atoms with E-state index in [2.05, 4.69) is 16.3 Å². The lowest BCUT2D eigenvalue weighted by Crippen LogP contribution is -2.44. The van der Waals surface area contributed by atoms with Crippen LogP contribution in [0.1, 0.15) is 18.5 Å². The summed E-state index contributed by atoms with van der Waals surface area (Å²) in [6.45, 7) is 5.86. The van der Waals surface area contributed by atoms with Crippen molar-refractivity contribution in [3.63, 3.8) is 0 Å². The number of hydrogen-bond acceptors (Lipinski definition) is 5. The third-order valence-electron chi connectivity index (χ3n) is 3.50. The molecular formula is C15H20ClN3O2. The standard InChI is InChI=1S/C15H20ClN3O2/c1-3-21-15-12(16)8-11(9-14(15)20-2)13(10-17)19-6-4-18-5-7-19/h8-9,13,18H,3-7H2,1-2H3. The van der Waals surface area contributed by atoms with E-state index in [9.17, 15) is 5.26 Å². The Hall–Kier alpha value is -1.48. The molecular weight excluding hydrogens is 290 g/mol. The molecule has 0 aliphatic carbocycles. The quantitative estimate of drug-likeness (QED) is 0.904. The largest absolute Gasteiger partial charge is 0.493 e. The number of halogens is 1. The zero-order valence-corrected chi connectivity index (χ0v) is 13.1. The van der Waals surface area contributed by atoms with Gasteiger partial charge in [-0.25, -0.2) is 0 Å². The average molecular weight is 310 g/mol. The number of nitriles is 1.